The highest BCUT2D eigenvalue weighted by Crippen LogP contribution is 2.42. The Kier molecular flexibility index (Phi) is 5.24. The van der Waals surface area contributed by atoms with Crippen LogP contribution in [0.4, 0.5) is 14.6 Å². The number of carbonyl (C=O) groups is 1. The van der Waals surface area contributed by atoms with E-state index in [0.29, 0.717) is 24.9 Å². The Labute approximate surface area is 163 Å². The molecule has 1 saturated carbocycles. The molecule has 2 aromatic rings. The maximum Gasteiger partial charge on any atom is 0.230 e. The molecule has 0 spiro atoms. The fourth-order valence-corrected chi connectivity index (χ4v) is 4.63. The molecule has 0 radical (unpaired) electrons. The lowest BCUT2D eigenvalue weighted by Gasteiger charge is -2.31. The zero-order chi connectivity index (χ0) is 19.6. The Morgan fingerprint density at radius 2 is 1.93 bits per heavy atom. The smallest absolute Gasteiger partial charge is 0.230 e. The molecule has 1 aromatic carbocycles. The number of aromatic nitrogens is 2. The zero-order valence-corrected chi connectivity index (χ0v) is 15.7. The summed E-state index contributed by atoms with van der Waals surface area (Å²) >= 11 is 0. The number of hydrogen-bond donors (Lipinski definition) is 1. The SMILES string of the molecule is O=C(NCC1CCCN1c1cccnn1)C1(c2cc(F)cc(F)c2)CCCC1. The van der Waals surface area contributed by atoms with Crippen LogP contribution in [-0.2, 0) is 10.2 Å². The maximum absolute atomic E-state index is 13.8. The van der Waals surface area contributed by atoms with Crippen LogP contribution in [0.1, 0.15) is 44.1 Å². The van der Waals surface area contributed by atoms with Crippen molar-refractivity contribution in [2.45, 2.75) is 50.0 Å². The van der Waals surface area contributed by atoms with Crippen molar-refractivity contribution in [3.05, 3.63) is 53.7 Å². The van der Waals surface area contributed by atoms with Crippen LogP contribution in [0.2, 0.25) is 0 Å². The quantitative estimate of drug-likeness (QED) is 0.856. The molecule has 1 aliphatic heterocycles. The van der Waals surface area contributed by atoms with Crippen molar-refractivity contribution in [3.8, 4) is 0 Å². The third-order valence-electron chi connectivity index (χ3n) is 6.03. The minimum Gasteiger partial charge on any atom is -0.353 e. The largest absolute Gasteiger partial charge is 0.353 e. The van der Waals surface area contributed by atoms with Gasteiger partial charge in [0.25, 0.3) is 0 Å². The van der Waals surface area contributed by atoms with E-state index < -0.39 is 17.0 Å². The second-order valence-electron chi connectivity index (χ2n) is 7.73. The Hall–Kier alpha value is -2.57. The van der Waals surface area contributed by atoms with Gasteiger partial charge in [-0.1, -0.05) is 12.8 Å². The van der Waals surface area contributed by atoms with Crippen LogP contribution in [0.3, 0.4) is 0 Å². The molecule has 1 aliphatic carbocycles. The normalized spacial score (nSPS) is 21.1. The van der Waals surface area contributed by atoms with Crippen molar-refractivity contribution in [2.75, 3.05) is 18.0 Å². The summed E-state index contributed by atoms with van der Waals surface area (Å²) in [5, 5.41) is 11.2. The van der Waals surface area contributed by atoms with Gasteiger partial charge in [-0.15, -0.1) is 5.10 Å². The summed E-state index contributed by atoms with van der Waals surface area (Å²) in [5.74, 6) is -0.611. The molecule has 1 amide bonds. The molecule has 5 nitrogen and oxygen atoms in total. The molecule has 7 heteroatoms. The van der Waals surface area contributed by atoms with E-state index in [4.69, 9.17) is 0 Å². The van der Waals surface area contributed by atoms with E-state index in [9.17, 15) is 13.6 Å². The lowest BCUT2D eigenvalue weighted by molar-refractivity contribution is -0.126. The average molecular weight is 386 g/mol. The van der Waals surface area contributed by atoms with Gasteiger partial charge in [0.1, 0.15) is 11.6 Å². The van der Waals surface area contributed by atoms with Gasteiger partial charge in [0.2, 0.25) is 5.91 Å². The Balaban J connectivity index is 1.50. The zero-order valence-electron chi connectivity index (χ0n) is 15.7. The van der Waals surface area contributed by atoms with Gasteiger partial charge >= 0.3 is 0 Å². The van der Waals surface area contributed by atoms with E-state index >= 15 is 0 Å². The summed E-state index contributed by atoms with van der Waals surface area (Å²) in [5.41, 5.74) is -0.406. The molecule has 1 atom stereocenters. The number of halogens is 2. The van der Waals surface area contributed by atoms with Crippen LogP contribution in [0, 0.1) is 11.6 Å². The number of nitrogens with one attached hydrogen (secondary N) is 1. The third kappa shape index (κ3) is 3.57. The number of rotatable bonds is 5. The first-order valence-electron chi connectivity index (χ1n) is 9.88. The van der Waals surface area contributed by atoms with Crippen LogP contribution < -0.4 is 10.2 Å². The molecule has 2 aliphatic rings. The Morgan fingerprint density at radius 3 is 2.61 bits per heavy atom. The highest BCUT2D eigenvalue weighted by molar-refractivity contribution is 5.88. The van der Waals surface area contributed by atoms with Gasteiger partial charge in [-0.25, -0.2) is 8.78 Å². The third-order valence-corrected chi connectivity index (χ3v) is 6.03. The minimum atomic E-state index is -0.848. The second kappa shape index (κ2) is 7.81. The molecule has 2 heterocycles. The first-order valence-corrected chi connectivity index (χ1v) is 9.88. The average Bonchev–Trinajstić information content (AvgIpc) is 3.36. The minimum absolute atomic E-state index is 0.138. The number of hydrogen-bond acceptors (Lipinski definition) is 4. The van der Waals surface area contributed by atoms with Gasteiger partial charge in [0, 0.05) is 31.4 Å². The van der Waals surface area contributed by atoms with E-state index in [0.717, 1.165) is 44.1 Å². The molecule has 0 bridgehead atoms. The second-order valence-corrected chi connectivity index (χ2v) is 7.73. The summed E-state index contributed by atoms with van der Waals surface area (Å²) in [6.45, 7) is 1.36. The summed E-state index contributed by atoms with van der Waals surface area (Å²) in [6.07, 6.45) is 6.59. The van der Waals surface area contributed by atoms with Crippen molar-refractivity contribution >= 4 is 11.7 Å². The van der Waals surface area contributed by atoms with Crippen LogP contribution >= 0.6 is 0 Å². The molecule has 1 aromatic heterocycles. The van der Waals surface area contributed by atoms with E-state index in [-0.39, 0.29) is 11.9 Å². The first-order chi connectivity index (χ1) is 13.6. The van der Waals surface area contributed by atoms with Gasteiger partial charge in [-0.05, 0) is 55.5 Å². The predicted molar refractivity (Wildman–Crippen MR) is 102 cm³/mol. The topological polar surface area (TPSA) is 58.1 Å². The van der Waals surface area contributed by atoms with Gasteiger partial charge in [0.15, 0.2) is 5.82 Å². The maximum atomic E-state index is 13.8. The molecule has 1 unspecified atom stereocenters. The molecule has 4 rings (SSSR count). The van der Waals surface area contributed by atoms with Gasteiger partial charge < -0.3 is 10.2 Å². The number of anilines is 1. The summed E-state index contributed by atoms with van der Waals surface area (Å²) in [7, 11) is 0. The van der Waals surface area contributed by atoms with Gasteiger partial charge in [0.05, 0.1) is 5.41 Å². The predicted octanol–water partition coefficient (Wildman–Crippen LogP) is 3.35. The van der Waals surface area contributed by atoms with Crippen LogP contribution in [0.15, 0.2) is 36.5 Å². The lowest BCUT2D eigenvalue weighted by Crippen LogP contribution is -2.47. The molecular weight excluding hydrogens is 362 g/mol. The van der Waals surface area contributed by atoms with Crippen molar-refractivity contribution in [1.29, 1.82) is 0 Å². The van der Waals surface area contributed by atoms with E-state index in [1.165, 1.54) is 12.1 Å². The fourth-order valence-electron chi connectivity index (χ4n) is 4.63. The summed E-state index contributed by atoms with van der Waals surface area (Å²) < 4.78 is 27.6. The van der Waals surface area contributed by atoms with Gasteiger partial charge in [-0.3, -0.25) is 4.79 Å². The van der Waals surface area contributed by atoms with Crippen LogP contribution in [0.25, 0.3) is 0 Å². The van der Waals surface area contributed by atoms with E-state index in [2.05, 4.69) is 20.4 Å². The monoisotopic (exact) mass is 386 g/mol. The van der Waals surface area contributed by atoms with Crippen LogP contribution in [-0.4, -0.2) is 35.2 Å². The lowest BCUT2D eigenvalue weighted by atomic mass is 9.78. The highest BCUT2D eigenvalue weighted by atomic mass is 19.1. The molecule has 148 valence electrons. The summed E-state index contributed by atoms with van der Waals surface area (Å²) in [6, 6.07) is 7.36. The molecule has 1 N–H and O–H groups in total. The van der Waals surface area contributed by atoms with Crippen molar-refractivity contribution in [2.24, 2.45) is 0 Å². The molecule has 28 heavy (non-hydrogen) atoms. The van der Waals surface area contributed by atoms with E-state index in [1.54, 1.807) is 6.20 Å². The van der Waals surface area contributed by atoms with Crippen LogP contribution in [0.5, 0.6) is 0 Å². The molecule has 2 fully saturated rings. The Bertz CT molecular complexity index is 819. The first kappa shape index (κ1) is 18.8. The number of nitrogens with zero attached hydrogens (tertiary/aromatic N) is 3. The Morgan fingerprint density at radius 1 is 1.18 bits per heavy atom. The number of carbonyl (C=O) groups excluding carboxylic acids is 1. The molecular formula is C21H24F2N4O. The van der Waals surface area contributed by atoms with Crippen molar-refractivity contribution in [3.63, 3.8) is 0 Å². The van der Waals surface area contributed by atoms with Gasteiger partial charge in [-0.2, -0.15) is 5.10 Å². The number of amides is 1. The fraction of sp³-hybridized carbons (Fsp3) is 0.476. The van der Waals surface area contributed by atoms with E-state index in [1.807, 2.05) is 12.1 Å². The van der Waals surface area contributed by atoms with Crippen molar-refractivity contribution in [1.82, 2.24) is 15.5 Å². The van der Waals surface area contributed by atoms with Crippen molar-refractivity contribution < 1.29 is 13.6 Å². The standard InChI is InChI=1S/C21H24F2N4O/c22-16-11-15(12-17(23)13-16)21(7-1-2-8-21)20(28)24-14-18-5-4-10-27(18)19-6-3-9-25-26-19/h3,6,9,11-13,18H,1-2,4-5,7-8,10,14H2,(H,24,28). The highest BCUT2D eigenvalue weighted by Gasteiger charge is 2.43. The number of benzene rings is 1. The molecule has 1 saturated heterocycles. The summed E-state index contributed by atoms with van der Waals surface area (Å²) in [4.78, 5) is 15.4.